The lowest BCUT2D eigenvalue weighted by atomic mass is 9.96. The van der Waals surface area contributed by atoms with Gasteiger partial charge in [-0.25, -0.2) is 0 Å². The van der Waals surface area contributed by atoms with Gasteiger partial charge in [-0.2, -0.15) is 0 Å². The van der Waals surface area contributed by atoms with Crippen LogP contribution in [-0.2, 0) is 9.59 Å². The third-order valence-corrected chi connectivity index (χ3v) is 5.35. The van der Waals surface area contributed by atoms with Crippen LogP contribution < -0.4 is 14.4 Å². The second kappa shape index (κ2) is 6.84. The summed E-state index contributed by atoms with van der Waals surface area (Å²) in [6, 6.07) is 3.32. The highest BCUT2D eigenvalue weighted by Crippen LogP contribution is 2.40. The first kappa shape index (κ1) is 17.8. The summed E-state index contributed by atoms with van der Waals surface area (Å²) >= 11 is 0. The number of Topliss-reactive ketones (excluding diaryl/α,β-unsaturated/α-hetero) is 1. The van der Waals surface area contributed by atoms with Gasteiger partial charge in [0, 0.05) is 39.2 Å². The minimum Gasteiger partial charge on any atom is -0.486 e. The van der Waals surface area contributed by atoms with Gasteiger partial charge < -0.3 is 14.4 Å². The third-order valence-electron chi connectivity index (χ3n) is 5.35. The zero-order valence-electron chi connectivity index (χ0n) is 15.6. The van der Waals surface area contributed by atoms with Gasteiger partial charge in [-0.05, 0) is 18.9 Å². The van der Waals surface area contributed by atoms with Crippen LogP contribution in [0.3, 0.4) is 0 Å². The molecule has 0 radical (unpaired) electrons. The predicted octanol–water partition coefficient (Wildman–Crippen LogP) is 0.745. The number of rotatable bonds is 3. The molecule has 8 heteroatoms. The van der Waals surface area contributed by atoms with Gasteiger partial charge in [0.05, 0.1) is 17.9 Å². The number of ketones is 1. The van der Waals surface area contributed by atoms with Crippen molar-refractivity contribution in [3.63, 3.8) is 0 Å². The maximum Gasteiger partial charge on any atom is 0.300 e. The summed E-state index contributed by atoms with van der Waals surface area (Å²) in [5.74, 6) is 0.195. The molecule has 3 heterocycles. The van der Waals surface area contributed by atoms with E-state index in [4.69, 9.17) is 9.47 Å². The molecule has 1 fully saturated rings. The van der Waals surface area contributed by atoms with E-state index in [-0.39, 0.29) is 11.8 Å². The average Bonchev–Trinajstić information content (AvgIpc) is 2.90. The van der Waals surface area contributed by atoms with E-state index in [1.165, 1.54) is 4.90 Å². The van der Waals surface area contributed by atoms with E-state index in [2.05, 4.69) is 4.90 Å². The second-order valence-electron chi connectivity index (χ2n) is 7.34. The van der Waals surface area contributed by atoms with Crippen molar-refractivity contribution in [1.82, 2.24) is 9.80 Å². The van der Waals surface area contributed by atoms with E-state index >= 15 is 0 Å². The van der Waals surface area contributed by atoms with E-state index in [9.17, 15) is 14.4 Å². The summed E-state index contributed by atoms with van der Waals surface area (Å²) in [4.78, 5) is 42.3. The molecule has 0 N–H and O–H groups in total. The van der Waals surface area contributed by atoms with Crippen molar-refractivity contribution in [2.24, 2.45) is 5.92 Å². The van der Waals surface area contributed by atoms with Gasteiger partial charge in [-0.1, -0.05) is 0 Å². The Morgan fingerprint density at radius 1 is 1.11 bits per heavy atom. The van der Waals surface area contributed by atoms with Gasteiger partial charge in [0.15, 0.2) is 11.5 Å². The molecule has 3 aliphatic heterocycles. The van der Waals surface area contributed by atoms with Crippen LogP contribution in [0.1, 0.15) is 23.2 Å². The maximum absolute atomic E-state index is 12.5. The molecule has 0 aromatic heterocycles. The van der Waals surface area contributed by atoms with Gasteiger partial charge >= 0.3 is 5.91 Å². The number of fused-ring (bicyclic) bond motifs is 2. The number of hydrogen-bond acceptors (Lipinski definition) is 6. The zero-order chi connectivity index (χ0) is 19.1. The highest BCUT2D eigenvalue weighted by molar-refractivity contribution is 6.52. The number of ether oxygens (including phenoxy) is 2. The number of piperidine rings is 1. The predicted molar refractivity (Wildman–Crippen MR) is 97.1 cm³/mol. The molecule has 1 aromatic rings. The number of carbonyl (C=O) groups is 3. The van der Waals surface area contributed by atoms with Crippen LogP contribution in [0.2, 0.25) is 0 Å². The highest BCUT2D eigenvalue weighted by atomic mass is 16.6. The Balaban J connectivity index is 1.49. The summed E-state index contributed by atoms with van der Waals surface area (Å²) in [6.07, 6.45) is 1.50. The van der Waals surface area contributed by atoms with Crippen LogP contribution in [0.5, 0.6) is 11.5 Å². The molecule has 0 saturated carbocycles. The number of likely N-dealkylation sites (tertiary alicyclic amines) is 1. The maximum atomic E-state index is 12.5. The van der Waals surface area contributed by atoms with Crippen LogP contribution in [0.15, 0.2) is 12.1 Å². The Bertz CT molecular complexity index is 799. The fourth-order valence-electron chi connectivity index (χ4n) is 3.86. The first-order valence-corrected chi connectivity index (χ1v) is 9.19. The Hall–Kier alpha value is -2.61. The summed E-state index contributed by atoms with van der Waals surface area (Å²) in [5.41, 5.74) is 0.933. The van der Waals surface area contributed by atoms with Gasteiger partial charge in [-0.3, -0.25) is 24.2 Å². The van der Waals surface area contributed by atoms with Crippen molar-refractivity contribution in [3.05, 3.63) is 17.7 Å². The standard InChI is InChI=1S/C19H23N3O5/c1-20(2)18(24)12-3-5-21(6-4-12)11-22-14-10-16-15(26-7-8-27-16)9-13(14)17(23)19(22)25/h9-10,12H,3-8,11H2,1-2H3. The monoisotopic (exact) mass is 373 g/mol. The second-order valence-corrected chi connectivity index (χ2v) is 7.34. The number of carbonyl (C=O) groups excluding carboxylic acids is 3. The van der Waals surface area contributed by atoms with E-state index in [0.717, 1.165) is 12.8 Å². The first-order chi connectivity index (χ1) is 13.0. The molecule has 0 bridgehead atoms. The van der Waals surface area contributed by atoms with E-state index in [1.54, 1.807) is 31.1 Å². The lowest BCUT2D eigenvalue weighted by Crippen LogP contribution is -2.46. The Morgan fingerprint density at radius 2 is 1.74 bits per heavy atom. The molecule has 0 atom stereocenters. The quantitative estimate of drug-likeness (QED) is 0.728. The summed E-state index contributed by atoms with van der Waals surface area (Å²) < 4.78 is 11.1. The molecule has 3 aliphatic rings. The minimum absolute atomic E-state index is 0.0250. The van der Waals surface area contributed by atoms with Crippen molar-refractivity contribution >= 4 is 23.3 Å². The molecule has 0 unspecified atom stereocenters. The van der Waals surface area contributed by atoms with Crippen molar-refractivity contribution in [3.8, 4) is 11.5 Å². The number of benzene rings is 1. The van der Waals surface area contributed by atoms with Crippen molar-refractivity contribution in [2.45, 2.75) is 12.8 Å². The van der Waals surface area contributed by atoms with Gasteiger partial charge in [-0.15, -0.1) is 0 Å². The number of hydrogen-bond donors (Lipinski definition) is 0. The van der Waals surface area contributed by atoms with E-state index in [1.807, 2.05) is 0 Å². The fourth-order valence-corrected chi connectivity index (χ4v) is 3.86. The summed E-state index contributed by atoms with van der Waals surface area (Å²) in [7, 11) is 3.54. The lowest BCUT2D eigenvalue weighted by molar-refractivity contribution is -0.134. The van der Waals surface area contributed by atoms with Gasteiger partial charge in [0.2, 0.25) is 5.91 Å². The van der Waals surface area contributed by atoms with Crippen LogP contribution in [-0.4, -0.2) is 74.5 Å². The number of nitrogens with zero attached hydrogens (tertiary/aromatic N) is 3. The molecule has 1 aromatic carbocycles. The van der Waals surface area contributed by atoms with Gasteiger partial charge in [0.1, 0.15) is 13.2 Å². The van der Waals surface area contributed by atoms with Crippen LogP contribution in [0.4, 0.5) is 5.69 Å². The molecule has 27 heavy (non-hydrogen) atoms. The largest absolute Gasteiger partial charge is 0.486 e. The topological polar surface area (TPSA) is 79.4 Å². The molecular formula is C19H23N3O5. The van der Waals surface area contributed by atoms with Crippen LogP contribution in [0.25, 0.3) is 0 Å². The summed E-state index contributed by atoms with van der Waals surface area (Å²) in [6.45, 7) is 2.63. The van der Waals surface area contributed by atoms with Crippen molar-refractivity contribution in [2.75, 3.05) is 52.0 Å². The molecule has 2 amide bonds. The average molecular weight is 373 g/mol. The number of amides is 2. The Kier molecular flexibility index (Phi) is 4.51. The Morgan fingerprint density at radius 3 is 2.37 bits per heavy atom. The van der Waals surface area contributed by atoms with E-state index in [0.29, 0.717) is 55.7 Å². The minimum atomic E-state index is -0.529. The van der Waals surface area contributed by atoms with Crippen LogP contribution >= 0.6 is 0 Å². The molecule has 0 aliphatic carbocycles. The number of anilines is 1. The first-order valence-electron chi connectivity index (χ1n) is 9.19. The highest BCUT2D eigenvalue weighted by Gasteiger charge is 2.39. The fraction of sp³-hybridized carbons (Fsp3) is 0.526. The molecule has 4 rings (SSSR count). The SMILES string of the molecule is CN(C)C(=O)C1CCN(CN2C(=O)C(=O)c3cc4c(cc32)OCCO4)CC1. The Labute approximate surface area is 157 Å². The van der Waals surface area contributed by atoms with Crippen molar-refractivity contribution in [1.29, 1.82) is 0 Å². The smallest absolute Gasteiger partial charge is 0.300 e. The zero-order valence-corrected chi connectivity index (χ0v) is 15.6. The van der Waals surface area contributed by atoms with Crippen LogP contribution in [0, 0.1) is 5.92 Å². The normalized spacial score (nSPS) is 20.0. The molecule has 144 valence electrons. The molecule has 8 nitrogen and oxygen atoms in total. The summed E-state index contributed by atoms with van der Waals surface area (Å²) in [5, 5.41) is 0. The third kappa shape index (κ3) is 3.14. The lowest BCUT2D eigenvalue weighted by Gasteiger charge is -2.34. The van der Waals surface area contributed by atoms with Crippen molar-refractivity contribution < 1.29 is 23.9 Å². The molecular weight excluding hydrogens is 350 g/mol. The van der Waals surface area contributed by atoms with Gasteiger partial charge in [0.25, 0.3) is 5.78 Å². The molecule has 1 saturated heterocycles. The molecule has 0 spiro atoms. The van der Waals surface area contributed by atoms with E-state index < -0.39 is 11.7 Å².